The summed E-state index contributed by atoms with van der Waals surface area (Å²) in [4.78, 5) is 38.1. The Kier molecular flexibility index (Phi) is 5.47. The van der Waals surface area contributed by atoms with Crippen molar-refractivity contribution in [2.45, 2.75) is 45.2 Å². The largest absolute Gasteiger partial charge is 0.496 e. The molecule has 3 heterocycles. The zero-order valence-electron chi connectivity index (χ0n) is 16.9. The Morgan fingerprint density at radius 1 is 1.17 bits per heavy atom. The number of methoxy groups -OCH3 is 1. The number of aromatic nitrogens is 2. The minimum atomic E-state index is -0.141. The van der Waals surface area contributed by atoms with Gasteiger partial charge in [0.1, 0.15) is 5.75 Å². The minimum absolute atomic E-state index is 0.0452. The van der Waals surface area contributed by atoms with Gasteiger partial charge in [-0.3, -0.25) is 9.59 Å². The van der Waals surface area contributed by atoms with Crippen molar-refractivity contribution in [3.8, 4) is 5.75 Å². The first-order valence-electron chi connectivity index (χ1n) is 10.1. The summed E-state index contributed by atoms with van der Waals surface area (Å²) in [6, 6.07) is 7.18. The van der Waals surface area contributed by atoms with E-state index in [-0.39, 0.29) is 17.9 Å². The van der Waals surface area contributed by atoms with Gasteiger partial charge in [-0.2, -0.15) is 0 Å². The molecule has 0 N–H and O–H groups in total. The number of carbonyl (C=O) groups is 2. The van der Waals surface area contributed by atoms with E-state index in [0.29, 0.717) is 36.8 Å². The molecule has 7 heteroatoms. The maximum Gasteiger partial charge on any atom is 0.258 e. The van der Waals surface area contributed by atoms with Gasteiger partial charge in [0, 0.05) is 44.7 Å². The smallest absolute Gasteiger partial charge is 0.258 e. The molecule has 0 spiro atoms. The Hall–Kier alpha value is -2.96. The molecule has 29 heavy (non-hydrogen) atoms. The number of nitrogens with zero attached hydrogens (tertiary/aromatic N) is 4. The number of fused-ring (bicyclic) bond motifs is 1. The Labute approximate surface area is 170 Å². The van der Waals surface area contributed by atoms with Crippen molar-refractivity contribution in [3.05, 3.63) is 53.1 Å². The van der Waals surface area contributed by atoms with Crippen molar-refractivity contribution < 1.29 is 14.3 Å². The second kappa shape index (κ2) is 8.19. The molecule has 1 atom stereocenters. The van der Waals surface area contributed by atoms with Gasteiger partial charge in [0.05, 0.1) is 24.4 Å². The van der Waals surface area contributed by atoms with Crippen LogP contribution in [0.15, 0.2) is 30.5 Å². The Bertz CT molecular complexity index is 930. The number of hydrogen-bond acceptors (Lipinski definition) is 5. The third-order valence-corrected chi connectivity index (χ3v) is 5.80. The summed E-state index contributed by atoms with van der Waals surface area (Å²) in [5, 5.41) is 0. The van der Waals surface area contributed by atoms with E-state index in [1.54, 1.807) is 20.1 Å². The van der Waals surface area contributed by atoms with Gasteiger partial charge in [0.15, 0.2) is 5.82 Å². The molecule has 0 aliphatic carbocycles. The number of benzene rings is 1. The summed E-state index contributed by atoms with van der Waals surface area (Å²) in [7, 11) is 1.58. The number of ether oxygens (including phenoxy) is 1. The number of hydrogen-bond donors (Lipinski definition) is 0. The van der Waals surface area contributed by atoms with Crippen LogP contribution < -0.4 is 4.74 Å². The fourth-order valence-corrected chi connectivity index (χ4v) is 4.18. The highest BCUT2D eigenvalue weighted by Gasteiger charge is 2.32. The van der Waals surface area contributed by atoms with Gasteiger partial charge >= 0.3 is 0 Å². The average Bonchev–Trinajstić information content (AvgIpc) is 2.77. The lowest BCUT2D eigenvalue weighted by molar-refractivity contribution is -0.129. The van der Waals surface area contributed by atoms with E-state index >= 15 is 0 Å². The van der Waals surface area contributed by atoms with E-state index < -0.39 is 0 Å². The van der Waals surface area contributed by atoms with Crippen LogP contribution in [0.4, 0.5) is 0 Å². The summed E-state index contributed by atoms with van der Waals surface area (Å²) < 4.78 is 5.39. The minimum Gasteiger partial charge on any atom is -0.496 e. The number of likely N-dealkylation sites (tertiary alicyclic amines) is 1. The van der Waals surface area contributed by atoms with Gasteiger partial charge < -0.3 is 14.5 Å². The Morgan fingerprint density at radius 2 is 2.00 bits per heavy atom. The van der Waals surface area contributed by atoms with E-state index in [2.05, 4.69) is 4.98 Å². The maximum atomic E-state index is 13.3. The molecule has 2 aliphatic heterocycles. The van der Waals surface area contributed by atoms with Crippen molar-refractivity contribution in [1.29, 1.82) is 0 Å². The van der Waals surface area contributed by atoms with Crippen LogP contribution in [-0.4, -0.2) is 51.8 Å². The molecule has 7 nitrogen and oxygen atoms in total. The second-order valence-electron chi connectivity index (χ2n) is 7.60. The first kappa shape index (κ1) is 19.4. The second-order valence-corrected chi connectivity index (χ2v) is 7.60. The lowest BCUT2D eigenvalue weighted by Gasteiger charge is -2.35. The van der Waals surface area contributed by atoms with Crippen molar-refractivity contribution >= 4 is 11.8 Å². The zero-order valence-corrected chi connectivity index (χ0v) is 16.9. The number of amides is 2. The van der Waals surface area contributed by atoms with Crippen LogP contribution in [0.2, 0.25) is 0 Å². The van der Waals surface area contributed by atoms with Gasteiger partial charge in [0.2, 0.25) is 5.91 Å². The number of carbonyl (C=O) groups excluding carboxylic acids is 2. The summed E-state index contributed by atoms with van der Waals surface area (Å²) >= 11 is 0. The van der Waals surface area contributed by atoms with Crippen LogP contribution in [0.25, 0.3) is 0 Å². The zero-order chi connectivity index (χ0) is 20.4. The normalized spacial score (nSPS) is 18.9. The first-order valence-corrected chi connectivity index (χ1v) is 10.1. The molecule has 4 rings (SSSR count). The molecule has 0 radical (unpaired) electrons. The first-order chi connectivity index (χ1) is 14.1. The van der Waals surface area contributed by atoms with Crippen LogP contribution in [0.5, 0.6) is 5.75 Å². The molecule has 1 aromatic carbocycles. The molecule has 2 amide bonds. The van der Waals surface area contributed by atoms with Crippen LogP contribution in [-0.2, 0) is 17.8 Å². The van der Waals surface area contributed by atoms with Crippen molar-refractivity contribution in [2.75, 3.05) is 20.2 Å². The van der Waals surface area contributed by atoms with Crippen LogP contribution >= 0.6 is 0 Å². The Morgan fingerprint density at radius 3 is 2.79 bits per heavy atom. The fourth-order valence-electron chi connectivity index (χ4n) is 4.18. The molecule has 0 bridgehead atoms. The summed E-state index contributed by atoms with van der Waals surface area (Å²) in [5.74, 6) is 1.30. The van der Waals surface area contributed by atoms with Crippen LogP contribution in [0, 0.1) is 0 Å². The van der Waals surface area contributed by atoms with E-state index in [9.17, 15) is 9.59 Å². The number of rotatable bonds is 3. The molecule has 2 aromatic rings. The van der Waals surface area contributed by atoms with Gasteiger partial charge in [-0.15, -0.1) is 0 Å². The molecule has 2 aliphatic rings. The molecule has 1 unspecified atom stereocenters. The van der Waals surface area contributed by atoms with Crippen molar-refractivity contribution in [2.24, 2.45) is 0 Å². The molecule has 152 valence electrons. The van der Waals surface area contributed by atoms with Gasteiger partial charge in [-0.05, 0) is 31.4 Å². The van der Waals surface area contributed by atoms with E-state index in [4.69, 9.17) is 9.72 Å². The highest BCUT2D eigenvalue weighted by Crippen LogP contribution is 2.32. The van der Waals surface area contributed by atoms with Gasteiger partial charge in [-0.25, -0.2) is 9.97 Å². The lowest BCUT2D eigenvalue weighted by atomic mass is 9.99. The predicted octanol–water partition coefficient (Wildman–Crippen LogP) is 2.76. The highest BCUT2D eigenvalue weighted by atomic mass is 16.5. The van der Waals surface area contributed by atoms with E-state index in [1.165, 1.54) is 0 Å². The highest BCUT2D eigenvalue weighted by molar-refractivity contribution is 5.97. The monoisotopic (exact) mass is 394 g/mol. The summed E-state index contributed by atoms with van der Waals surface area (Å²) in [6.07, 6.45) is 5.40. The Balaban J connectivity index is 1.61. The van der Waals surface area contributed by atoms with Crippen LogP contribution in [0.1, 0.15) is 59.7 Å². The summed E-state index contributed by atoms with van der Waals surface area (Å²) in [5.41, 5.74) is 2.55. The third kappa shape index (κ3) is 3.81. The third-order valence-electron chi connectivity index (χ3n) is 5.80. The average molecular weight is 394 g/mol. The van der Waals surface area contributed by atoms with Gasteiger partial charge in [0.25, 0.3) is 5.91 Å². The van der Waals surface area contributed by atoms with Gasteiger partial charge in [-0.1, -0.05) is 12.1 Å². The van der Waals surface area contributed by atoms with Crippen LogP contribution in [0.3, 0.4) is 0 Å². The lowest BCUT2D eigenvalue weighted by Crippen LogP contribution is -2.40. The molecular weight excluding hydrogens is 368 g/mol. The molecule has 1 saturated heterocycles. The number of piperidine rings is 1. The van der Waals surface area contributed by atoms with E-state index in [1.807, 2.05) is 34.2 Å². The quantitative estimate of drug-likeness (QED) is 0.800. The maximum absolute atomic E-state index is 13.3. The number of para-hydroxylation sites is 1. The topological polar surface area (TPSA) is 75.6 Å². The fraction of sp³-hybridized carbons (Fsp3) is 0.455. The van der Waals surface area contributed by atoms with E-state index in [0.717, 1.165) is 36.9 Å². The standard InChI is InChI=1S/C22H26N4O3/c1-15(27)25-12-10-18-16(14-25)13-23-21(24-18)19-8-5-6-11-26(19)22(28)17-7-3-4-9-20(17)29-2/h3-4,7,9,13,19H,5-6,8,10-12,14H2,1-2H3. The SMILES string of the molecule is COc1ccccc1C(=O)N1CCCCC1c1ncc2c(n1)CCN(C(C)=O)C2. The van der Waals surface area contributed by atoms with Crippen molar-refractivity contribution in [1.82, 2.24) is 19.8 Å². The summed E-state index contributed by atoms with van der Waals surface area (Å²) in [6.45, 7) is 3.50. The van der Waals surface area contributed by atoms with Crippen molar-refractivity contribution in [3.63, 3.8) is 0 Å². The molecule has 1 fully saturated rings. The predicted molar refractivity (Wildman–Crippen MR) is 107 cm³/mol. The molecule has 0 saturated carbocycles. The molecular formula is C22H26N4O3. The molecule has 1 aromatic heterocycles.